The quantitative estimate of drug-likeness (QED) is 0.650. The Bertz CT molecular complexity index is 510. The lowest BCUT2D eigenvalue weighted by Crippen LogP contribution is -2.50. The Morgan fingerprint density at radius 2 is 2.27 bits per heavy atom. The van der Waals surface area contributed by atoms with E-state index in [9.17, 15) is 4.79 Å². The molecule has 0 bridgehead atoms. The number of aromatic nitrogens is 2. The summed E-state index contributed by atoms with van der Waals surface area (Å²) in [6.45, 7) is 4.35. The average molecular weight is 306 g/mol. The van der Waals surface area contributed by atoms with Gasteiger partial charge < -0.3 is 19.7 Å². The van der Waals surface area contributed by atoms with Crippen molar-refractivity contribution in [3.05, 3.63) is 18.7 Å². The topological polar surface area (TPSA) is 65.8 Å². The minimum atomic E-state index is 0.0395. The third-order valence-electron chi connectivity index (χ3n) is 4.23. The van der Waals surface area contributed by atoms with E-state index in [1.807, 2.05) is 18.7 Å². The molecule has 2 atom stereocenters. The van der Waals surface area contributed by atoms with Gasteiger partial charge in [0.1, 0.15) is 0 Å². The third-order valence-corrected chi connectivity index (χ3v) is 4.23. The second kappa shape index (κ2) is 7.29. The summed E-state index contributed by atoms with van der Waals surface area (Å²) < 4.78 is 2.16. The average Bonchev–Trinajstić information content (AvgIpc) is 3.03. The highest BCUT2D eigenvalue weighted by Gasteiger charge is 2.29. The molecule has 1 saturated heterocycles. The second-order valence-corrected chi connectivity index (χ2v) is 5.98. The van der Waals surface area contributed by atoms with E-state index in [4.69, 9.17) is 0 Å². The second-order valence-electron chi connectivity index (χ2n) is 5.98. The normalized spacial score (nSPS) is 22.5. The van der Waals surface area contributed by atoms with Crippen LogP contribution in [-0.2, 0) is 4.79 Å². The Balaban J connectivity index is 1.99. The molecule has 122 valence electrons. The molecule has 1 aliphatic rings. The molecular formula is C15H26N6O. The fraction of sp³-hybridized carbons (Fsp3) is 0.667. The van der Waals surface area contributed by atoms with Crippen LogP contribution in [0.3, 0.4) is 0 Å². The lowest BCUT2D eigenvalue weighted by Gasteiger charge is -2.39. The number of nitrogens with zero attached hydrogens (tertiary/aromatic N) is 5. The van der Waals surface area contributed by atoms with Gasteiger partial charge in [0.25, 0.3) is 0 Å². The Morgan fingerprint density at radius 3 is 2.86 bits per heavy atom. The highest BCUT2D eigenvalue weighted by Crippen LogP contribution is 2.27. The van der Waals surface area contributed by atoms with E-state index in [0.29, 0.717) is 12.0 Å². The van der Waals surface area contributed by atoms with Gasteiger partial charge in [0.05, 0.1) is 18.9 Å². The fourth-order valence-electron chi connectivity index (χ4n) is 2.74. The third kappa shape index (κ3) is 3.78. The molecule has 0 radical (unpaired) electrons. The SMILES string of the molecule is CN=C(NCC(=O)N(C)C)N1CCC(C)C(n2ccnc2)C1. The lowest BCUT2D eigenvalue weighted by molar-refractivity contribution is -0.127. The molecule has 22 heavy (non-hydrogen) atoms. The number of amides is 1. The van der Waals surface area contributed by atoms with Crippen LogP contribution in [0.4, 0.5) is 0 Å². The van der Waals surface area contributed by atoms with Crippen LogP contribution in [0.15, 0.2) is 23.7 Å². The number of hydrogen-bond donors (Lipinski definition) is 1. The predicted octanol–water partition coefficient (Wildman–Crippen LogP) is 0.430. The van der Waals surface area contributed by atoms with E-state index in [-0.39, 0.29) is 12.5 Å². The molecule has 2 heterocycles. The summed E-state index contributed by atoms with van der Waals surface area (Å²) in [6.07, 6.45) is 6.78. The maximum absolute atomic E-state index is 11.7. The predicted molar refractivity (Wildman–Crippen MR) is 86.7 cm³/mol. The molecule has 2 rings (SSSR count). The molecule has 0 spiro atoms. The first-order valence-electron chi connectivity index (χ1n) is 7.66. The van der Waals surface area contributed by atoms with Crippen molar-refractivity contribution in [3.8, 4) is 0 Å². The van der Waals surface area contributed by atoms with Crippen molar-refractivity contribution in [2.45, 2.75) is 19.4 Å². The summed E-state index contributed by atoms with van der Waals surface area (Å²) in [6, 6.07) is 0.374. The van der Waals surface area contributed by atoms with Crippen molar-refractivity contribution in [3.63, 3.8) is 0 Å². The van der Waals surface area contributed by atoms with E-state index in [0.717, 1.165) is 25.5 Å². The van der Waals surface area contributed by atoms with Crippen molar-refractivity contribution < 1.29 is 4.79 Å². The summed E-state index contributed by atoms with van der Waals surface area (Å²) in [4.78, 5) is 24.0. The lowest BCUT2D eigenvalue weighted by atomic mass is 9.93. The monoisotopic (exact) mass is 306 g/mol. The van der Waals surface area contributed by atoms with Gasteiger partial charge in [0.2, 0.25) is 5.91 Å². The molecule has 1 fully saturated rings. The number of aliphatic imine (C=N–C) groups is 1. The Kier molecular flexibility index (Phi) is 5.41. The summed E-state index contributed by atoms with van der Waals surface area (Å²) in [5, 5.41) is 3.16. The van der Waals surface area contributed by atoms with Crippen molar-refractivity contribution in [1.29, 1.82) is 0 Å². The van der Waals surface area contributed by atoms with Crippen molar-refractivity contribution in [1.82, 2.24) is 24.7 Å². The van der Waals surface area contributed by atoms with Gasteiger partial charge in [-0.1, -0.05) is 6.92 Å². The summed E-state index contributed by atoms with van der Waals surface area (Å²) >= 11 is 0. The van der Waals surface area contributed by atoms with Gasteiger partial charge in [-0.2, -0.15) is 0 Å². The van der Waals surface area contributed by atoms with Crippen molar-refractivity contribution in [2.75, 3.05) is 40.8 Å². The van der Waals surface area contributed by atoms with Gasteiger partial charge in [-0.05, 0) is 12.3 Å². The molecule has 1 aliphatic heterocycles. The van der Waals surface area contributed by atoms with Crippen LogP contribution in [0, 0.1) is 5.92 Å². The molecule has 7 heteroatoms. The summed E-state index contributed by atoms with van der Waals surface area (Å²) in [5.41, 5.74) is 0. The Hall–Kier alpha value is -2.05. The molecule has 0 aromatic carbocycles. The number of hydrogen-bond acceptors (Lipinski definition) is 3. The van der Waals surface area contributed by atoms with Gasteiger partial charge in [-0.15, -0.1) is 0 Å². The molecule has 7 nitrogen and oxygen atoms in total. The van der Waals surface area contributed by atoms with E-state index >= 15 is 0 Å². The highest BCUT2D eigenvalue weighted by molar-refractivity contribution is 5.86. The Morgan fingerprint density at radius 1 is 1.50 bits per heavy atom. The standard InChI is InChI=1S/C15H26N6O/c1-12-5-7-20(10-13(12)21-8-6-17-11-21)15(16-2)18-9-14(22)19(3)4/h6,8,11-13H,5,7,9-10H2,1-4H3,(H,16,18). The zero-order valence-corrected chi connectivity index (χ0v) is 13.9. The molecule has 0 aliphatic carbocycles. The summed E-state index contributed by atoms with van der Waals surface area (Å²) in [7, 11) is 5.27. The largest absolute Gasteiger partial charge is 0.347 e. The van der Waals surface area contributed by atoms with Crippen molar-refractivity contribution >= 4 is 11.9 Å². The summed E-state index contributed by atoms with van der Waals surface area (Å²) in [5.74, 6) is 1.41. The molecule has 1 N–H and O–H groups in total. The minimum Gasteiger partial charge on any atom is -0.347 e. The molecule has 0 saturated carbocycles. The van der Waals surface area contributed by atoms with Gasteiger partial charge in [-0.3, -0.25) is 9.79 Å². The number of likely N-dealkylation sites (tertiary alicyclic amines) is 1. The maximum Gasteiger partial charge on any atom is 0.241 e. The number of piperidine rings is 1. The van der Waals surface area contributed by atoms with Gasteiger partial charge in [0, 0.05) is 46.6 Å². The van der Waals surface area contributed by atoms with Crippen LogP contribution >= 0.6 is 0 Å². The number of imidazole rings is 1. The van der Waals surface area contributed by atoms with Crippen LogP contribution in [-0.4, -0.2) is 72.0 Å². The van der Waals surface area contributed by atoms with E-state index in [2.05, 4.69) is 31.7 Å². The minimum absolute atomic E-state index is 0.0395. The zero-order valence-electron chi connectivity index (χ0n) is 13.9. The van der Waals surface area contributed by atoms with Gasteiger partial charge in [-0.25, -0.2) is 4.98 Å². The number of carbonyl (C=O) groups is 1. The van der Waals surface area contributed by atoms with Gasteiger partial charge in [0.15, 0.2) is 5.96 Å². The van der Waals surface area contributed by atoms with Crippen LogP contribution in [0.25, 0.3) is 0 Å². The number of carbonyl (C=O) groups excluding carboxylic acids is 1. The number of likely N-dealkylation sites (N-methyl/N-ethyl adjacent to an activating group) is 1. The molecule has 2 unspecified atom stereocenters. The fourth-order valence-corrected chi connectivity index (χ4v) is 2.74. The molecule has 1 amide bonds. The highest BCUT2D eigenvalue weighted by atomic mass is 16.2. The van der Waals surface area contributed by atoms with E-state index < -0.39 is 0 Å². The number of guanidine groups is 1. The van der Waals surface area contributed by atoms with Gasteiger partial charge >= 0.3 is 0 Å². The molecule has 1 aromatic rings. The van der Waals surface area contributed by atoms with E-state index in [1.165, 1.54) is 0 Å². The zero-order chi connectivity index (χ0) is 16.1. The maximum atomic E-state index is 11.7. The van der Waals surface area contributed by atoms with Crippen molar-refractivity contribution in [2.24, 2.45) is 10.9 Å². The van der Waals surface area contributed by atoms with Crippen LogP contribution < -0.4 is 5.32 Å². The van der Waals surface area contributed by atoms with Crippen LogP contribution in [0.1, 0.15) is 19.4 Å². The first-order valence-corrected chi connectivity index (χ1v) is 7.66. The first-order chi connectivity index (χ1) is 10.5. The molecular weight excluding hydrogens is 280 g/mol. The molecule has 1 aromatic heterocycles. The Labute approximate surface area is 132 Å². The first kappa shape index (κ1) is 16.3. The van der Waals surface area contributed by atoms with Crippen LogP contribution in [0.5, 0.6) is 0 Å². The number of nitrogens with one attached hydrogen (secondary N) is 1. The number of rotatable bonds is 3. The van der Waals surface area contributed by atoms with Crippen LogP contribution in [0.2, 0.25) is 0 Å². The van der Waals surface area contributed by atoms with E-state index in [1.54, 1.807) is 26.0 Å². The smallest absolute Gasteiger partial charge is 0.241 e.